The first-order valence-corrected chi connectivity index (χ1v) is 9.72. The average molecular weight is 403 g/mol. The third-order valence-electron chi connectivity index (χ3n) is 5.35. The van der Waals surface area contributed by atoms with Crippen LogP contribution in [0.15, 0.2) is 67.0 Å². The number of likely N-dealkylation sites (N-methyl/N-ethyl adjacent to an activating group) is 1. The van der Waals surface area contributed by atoms with Gasteiger partial charge in [0.25, 0.3) is 11.8 Å². The Morgan fingerprint density at radius 1 is 1.17 bits per heavy atom. The average Bonchev–Trinajstić information content (AvgIpc) is 2.74. The van der Waals surface area contributed by atoms with Crippen LogP contribution >= 0.6 is 0 Å². The summed E-state index contributed by atoms with van der Waals surface area (Å²) in [5.74, 6) is -0.711. The maximum Gasteiger partial charge on any atom is 0.271 e. The van der Waals surface area contributed by atoms with Gasteiger partial charge in [-0.1, -0.05) is 42.5 Å². The second-order valence-corrected chi connectivity index (χ2v) is 7.53. The molecule has 3 rings (SSSR count). The summed E-state index contributed by atoms with van der Waals surface area (Å²) in [5.41, 5.74) is 0.853. The summed E-state index contributed by atoms with van der Waals surface area (Å²) >= 11 is 0. The molecular formula is C24H25N3O3. The molecule has 0 radical (unpaired) electrons. The molecule has 1 aromatic heterocycles. The lowest BCUT2D eigenvalue weighted by Crippen LogP contribution is -2.65. The predicted octanol–water partition coefficient (Wildman–Crippen LogP) is 3.11. The first-order valence-electron chi connectivity index (χ1n) is 9.72. The molecular weight excluding hydrogens is 378 g/mol. The lowest BCUT2D eigenvalue weighted by Gasteiger charge is -2.47. The quantitative estimate of drug-likeness (QED) is 0.422. The van der Waals surface area contributed by atoms with Gasteiger partial charge in [-0.3, -0.25) is 19.4 Å². The maximum absolute atomic E-state index is 13.5. The molecule has 1 atom stereocenters. The Balaban J connectivity index is 2.07. The number of carbonyl (C=O) groups is 3. The number of benzene rings is 1. The second kappa shape index (κ2) is 8.45. The van der Waals surface area contributed by atoms with E-state index in [2.05, 4.69) is 11.6 Å². The van der Waals surface area contributed by atoms with Crippen molar-refractivity contribution in [2.45, 2.75) is 25.8 Å². The Bertz CT molecular complexity index is 1030. The topological polar surface area (TPSA) is 70.6 Å². The number of Topliss-reactive ketones (excluding diaryl/α,β-unsaturated/α-hetero) is 1. The van der Waals surface area contributed by atoms with E-state index in [9.17, 15) is 14.4 Å². The van der Waals surface area contributed by atoms with Crippen LogP contribution in [0.3, 0.4) is 0 Å². The lowest BCUT2D eigenvalue weighted by molar-refractivity contribution is -0.156. The van der Waals surface area contributed by atoms with Gasteiger partial charge in [-0.05, 0) is 24.6 Å². The summed E-state index contributed by atoms with van der Waals surface area (Å²) in [4.78, 5) is 45.9. The number of hydrogen-bond donors (Lipinski definition) is 0. The number of carbonyl (C=O) groups excluding carboxylic acids is 3. The Labute approximate surface area is 176 Å². The zero-order valence-corrected chi connectivity index (χ0v) is 17.5. The molecule has 1 aromatic carbocycles. The van der Waals surface area contributed by atoms with Gasteiger partial charge in [0.15, 0.2) is 5.78 Å². The fourth-order valence-corrected chi connectivity index (χ4v) is 3.80. The van der Waals surface area contributed by atoms with Crippen molar-refractivity contribution >= 4 is 23.7 Å². The van der Waals surface area contributed by atoms with E-state index in [0.29, 0.717) is 12.0 Å². The molecule has 1 aliphatic rings. The van der Waals surface area contributed by atoms with Crippen LogP contribution < -0.4 is 0 Å². The maximum atomic E-state index is 13.5. The number of piperazine rings is 1. The monoisotopic (exact) mass is 403 g/mol. The smallest absolute Gasteiger partial charge is 0.271 e. The van der Waals surface area contributed by atoms with E-state index in [4.69, 9.17) is 0 Å². The molecule has 6 heteroatoms. The summed E-state index contributed by atoms with van der Waals surface area (Å²) in [6.07, 6.45) is 5.08. The Morgan fingerprint density at radius 3 is 2.50 bits per heavy atom. The lowest BCUT2D eigenvalue weighted by atomic mass is 9.86. The molecule has 2 amide bonds. The highest BCUT2D eigenvalue weighted by Gasteiger charge is 2.49. The molecule has 2 aromatic rings. The Kier molecular flexibility index (Phi) is 5.96. The minimum atomic E-state index is -1.06. The van der Waals surface area contributed by atoms with E-state index in [-0.39, 0.29) is 35.5 Å². The zero-order chi connectivity index (χ0) is 21.9. The van der Waals surface area contributed by atoms with Gasteiger partial charge in [-0.15, -0.1) is 6.58 Å². The molecule has 1 unspecified atom stereocenters. The van der Waals surface area contributed by atoms with E-state index in [1.54, 1.807) is 43.2 Å². The number of rotatable bonds is 6. The third-order valence-corrected chi connectivity index (χ3v) is 5.35. The normalized spacial score (nSPS) is 20.6. The Hall–Kier alpha value is -3.54. The van der Waals surface area contributed by atoms with Crippen LogP contribution in [-0.2, 0) is 16.0 Å². The minimum absolute atomic E-state index is 0.197. The van der Waals surface area contributed by atoms with Crippen LogP contribution in [0, 0.1) is 0 Å². The SMILES string of the molecule is C=CCN1C(=O)/C(=C/c2cccnc2C(C)=O)N(C)C(=O)C1(C)Cc1ccccc1. The van der Waals surface area contributed by atoms with Crippen LogP contribution in [0.25, 0.3) is 6.08 Å². The summed E-state index contributed by atoms with van der Waals surface area (Å²) in [6, 6.07) is 13.0. The van der Waals surface area contributed by atoms with Gasteiger partial charge in [0, 0.05) is 38.7 Å². The molecule has 0 N–H and O–H groups in total. The molecule has 0 saturated carbocycles. The van der Waals surface area contributed by atoms with Gasteiger partial charge >= 0.3 is 0 Å². The number of amides is 2. The van der Waals surface area contributed by atoms with Crippen molar-refractivity contribution in [3.8, 4) is 0 Å². The highest BCUT2D eigenvalue weighted by Crippen LogP contribution is 2.32. The van der Waals surface area contributed by atoms with Gasteiger partial charge in [-0.25, -0.2) is 0 Å². The second-order valence-electron chi connectivity index (χ2n) is 7.53. The highest BCUT2D eigenvalue weighted by molar-refractivity contribution is 6.09. The van der Waals surface area contributed by atoms with E-state index < -0.39 is 5.54 Å². The number of nitrogens with zero attached hydrogens (tertiary/aromatic N) is 3. The fourth-order valence-electron chi connectivity index (χ4n) is 3.80. The highest BCUT2D eigenvalue weighted by atomic mass is 16.2. The summed E-state index contributed by atoms with van der Waals surface area (Å²) < 4.78 is 0. The number of pyridine rings is 1. The molecule has 0 aliphatic carbocycles. The van der Waals surface area contributed by atoms with Gasteiger partial charge in [0.2, 0.25) is 0 Å². The van der Waals surface area contributed by atoms with Crippen molar-refractivity contribution < 1.29 is 14.4 Å². The van der Waals surface area contributed by atoms with Crippen LogP contribution in [-0.4, -0.2) is 51.5 Å². The van der Waals surface area contributed by atoms with Crippen molar-refractivity contribution in [3.63, 3.8) is 0 Å². The molecule has 30 heavy (non-hydrogen) atoms. The van der Waals surface area contributed by atoms with Crippen molar-refractivity contribution in [1.29, 1.82) is 0 Å². The number of hydrogen-bond acceptors (Lipinski definition) is 4. The van der Waals surface area contributed by atoms with Gasteiger partial charge < -0.3 is 9.80 Å². The van der Waals surface area contributed by atoms with Crippen LogP contribution in [0.2, 0.25) is 0 Å². The number of ketones is 1. The standard InChI is InChI=1S/C24H25N3O3/c1-5-14-27-22(29)20(15-19-12-9-13-25-21(19)17(2)28)26(4)23(30)24(27,3)16-18-10-7-6-8-11-18/h5-13,15H,1,14,16H2,2-4H3/b20-15-. The first-order chi connectivity index (χ1) is 14.3. The predicted molar refractivity (Wildman–Crippen MR) is 115 cm³/mol. The molecule has 2 heterocycles. The largest absolute Gasteiger partial charge is 0.319 e. The van der Waals surface area contributed by atoms with Crippen LogP contribution in [0.4, 0.5) is 0 Å². The molecule has 1 aliphatic heterocycles. The summed E-state index contributed by atoms with van der Waals surface area (Å²) in [5, 5.41) is 0. The molecule has 0 bridgehead atoms. The van der Waals surface area contributed by atoms with E-state index in [1.165, 1.54) is 18.0 Å². The van der Waals surface area contributed by atoms with E-state index in [0.717, 1.165) is 5.56 Å². The fraction of sp³-hybridized carbons (Fsp3) is 0.250. The molecule has 1 saturated heterocycles. The summed E-state index contributed by atoms with van der Waals surface area (Å²) in [7, 11) is 1.59. The van der Waals surface area contributed by atoms with Crippen molar-refractivity contribution in [3.05, 3.63) is 83.8 Å². The van der Waals surface area contributed by atoms with Gasteiger partial charge in [0.05, 0.1) is 0 Å². The van der Waals surface area contributed by atoms with E-state index in [1.807, 2.05) is 30.3 Å². The van der Waals surface area contributed by atoms with Crippen molar-refractivity contribution in [1.82, 2.24) is 14.8 Å². The summed E-state index contributed by atoms with van der Waals surface area (Å²) in [6.45, 7) is 7.19. The molecule has 0 spiro atoms. The molecule has 1 fully saturated rings. The third kappa shape index (κ3) is 3.81. The first kappa shape index (κ1) is 21.2. The van der Waals surface area contributed by atoms with Crippen LogP contribution in [0.1, 0.15) is 35.5 Å². The van der Waals surface area contributed by atoms with Crippen molar-refractivity contribution in [2.75, 3.05) is 13.6 Å². The van der Waals surface area contributed by atoms with Crippen LogP contribution in [0.5, 0.6) is 0 Å². The molecule has 154 valence electrons. The molecule has 6 nitrogen and oxygen atoms in total. The van der Waals surface area contributed by atoms with E-state index >= 15 is 0 Å². The zero-order valence-electron chi connectivity index (χ0n) is 17.5. The van der Waals surface area contributed by atoms with Gasteiger partial charge in [-0.2, -0.15) is 0 Å². The minimum Gasteiger partial charge on any atom is -0.319 e. The Morgan fingerprint density at radius 2 is 1.87 bits per heavy atom. The van der Waals surface area contributed by atoms with Crippen molar-refractivity contribution in [2.24, 2.45) is 0 Å². The van der Waals surface area contributed by atoms with Gasteiger partial charge in [0.1, 0.15) is 16.9 Å². The number of aromatic nitrogens is 1.